The van der Waals surface area contributed by atoms with Gasteiger partial charge in [0.05, 0.1) is 7.11 Å². The quantitative estimate of drug-likeness (QED) is 0.643. The number of ether oxygens (including phenoxy) is 1. The van der Waals surface area contributed by atoms with Crippen LogP contribution in [0.5, 0.6) is 5.75 Å². The normalized spacial score (nSPS) is 16.7. The van der Waals surface area contributed by atoms with Crippen LogP contribution < -0.4 is 9.64 Å². The third kappa shape index (κ3) is 3.44. The molecule has 29 heavy (non-hydrogen) atoms. The smallest absolute Gasteiger partial charge is 0.254 e. The largest absolute Gasteiger partial charge is 0.497 e. The van der Waals surface area contributed by atoms with E-state index in [0.29, 0.717) is 11.6 Å². The summed E-state index contributed by atoms with van der Waals surface area (Å²) >= 11 is 0. The molecular formula is C22H28N6O. The van der Waals surface area contributed by atoms with Crippen molar-refractivity contribution in [1.82, 2.24) is 24.5 Å². The molecule has 0 atom stereocenters. The molecule has 4 heterocycles. The summed E-state index contributed by atoms with van der Waals surface area (Å²) in [4.78, 5) is 14.5. The van der Waals surface area contributed by atoms with E-state index in [1.54, 1.807) is 7.11 Å². The van der Waals surface area contributed by atoms with Gasteiger partial charge in [-0.2, -0.15) is 9.50 Å². The van der Waals surface area contributed by atoms with Crippen molar-refractivity contribution < 1.29 is 4.74 Å². The van der Waals surface area contributed by atoms with Crippen molar-refractivity contribution in [2.24, 2.45) is 0 Å². The average Bonchev–Trinajstić information content (AvgIpc) is 3.48. The molecule has 0 radical (unpaired) electrons. The van der Waals surface area contributed by atoms with Gasteiger partial charge in [-0.05, 0) is 76.5 Å². The molecule has 7 nitrogen and oxygen atoms in total. The zero-order valence-corrected chi connectivity index (χ0v) is 17.3. The molecular weight excluding hydrogens is 364 g/mol. The summed E-state index contributed by atoms with van der Waals surface area (Å²) in [7, 11) is 1.67. The molecule has 7 heteroatoms. The first-order valence-electron chi connectivity index (χ1n) is 10.6. The molecule has 0 aliphatic carbocycles. The Morgan fingerprint density at radius 2 is 1.79 bits per heavy atom. The van der Waals surface area contributed by atoms with E-state index < -0.39 is 0 Å². The van der Waals surface area contributed by atoms with E-state index in [1.165, 1.54) is 50.3 Å². The number of hydrogen-bond donors (Lipinski definition) is 0. The van der Waals surface area contributed by atoms with Crippen LogP contribution >= 0.6 is 0 Å². The number of likely N-dealkylation sites (tertiary alicyclic amines) is 1. The fourth-order valence-corrected chi connectivity index (χ4v) is 4.57. The van der Waals surface area contributed by atoms with Crippen LogP contribution in [0.2, 0.25) is 0 Å². The first kappa shape index (κ1) is 18.4. The van der Waals surface area contributed by atoms with Gasteiger partial charge in [0.15, 0.2) is 5.82 Å². The van der Waals surface area contributed by atoms with Gasteiger partial charge in [0, 0.05) is 29.9 Å². The number of aryl methyl sites for hydroxylation is 1. The molecule has 0 unspecified atom stereocenters. The van der Waals surface area contributed by atoms with Gasteiger partial charge in [-0.3, -0.25) is 0 Å². The molecule has 2 aliphatic rings. The lowest BCUT2D eigenvalue weighted by molar-refractivity contribution is 0.334. The van der Waals surface area contributed by atoms with Crippen molar-refractivity contribution in [3.05, 3.63) is 35.5 Å². The van der Waals surface area contributed by atoms with Crippen molar-refractivity contribution in [2.45, 2.75) is 32.6 Å². The zero-order chi connectivity index (χ0) is 19.8. The van der Waals surface area contributed by atoms with Crippen LogP contribution in [0.3, 0.4) is 0 Å². The second-order valence-corrected chi connectivity index (χ2v) is 8.01. The number of hydrogen-bond acceptors (Lipinski definition) is 6. The molecule has 0 bridgehead atoms. The Balaban J connectivity index is 1.43. The van der Waals surface area contributed by atoms with E-state index in [0.717, 1.165) is 36.5 Å². The van der Waals surface area contributed by atoms with Crippen LogP contribution in [0.1, 0.15) is 30.5 Å². The van der Waals surface area contributed by atoms with Crippen molar-refractivity contribution in [3.63, 3.8) is 0 Å². The highest BCUT2D eigenvalue weighted by molar-refractivity contribution is 5.63. The summed E-state index contributed by atoms with van der Waals surface area (Å²) in [5.74, 6) is 3.40. The van der Waals surface area contributed by atoms with Gasteiger partial charge < -0.3 is 14.5 Å². The highest BCUT2D eigenvalue weighted by Gasteiger charge is 2.27. The van der Waals surface area contributed by atoms with E-state index >= 15 is 0 Å². The van der Waals surface area contributed by atoms with Gasteiger partial charge >= 0.3 is 0 Å². The lowest BCUT2D eigenvalue weighted by Crippen LogP contribution is -2.28. The highest BCUT2D eigenvalue weighted by Crippen LogP contribution is 2.31. The van der Waals surface area contributed by atoms with E-state index in [1.807, 2.05) is 28.8 Å². The monoisotopic (exact) mass is 392 g/mol. The summed E-state index contributed by atoms with van der Waals surface area (Å²) in [5, 5.41) is 4.84. The molecule has 2 aliphatic heterocycles. The van der Waals surface area contributed by atoms with Gasteiger partial charge in [0.2, 0.25) is 0 Å². The van der Waals surface area contributed by atoms with Crippen LogP contribution in [-0.2, 0) is 6.42 Å². The number of aromatic nitrogens is 4. The van der Waals surface area contributed by atoms with Crippen LogP contribution in [0.4, 0.5) is 5.82 Å². The van der Waals surface area contributed by atoms with Crippen molar-refractivity contribution in [1.29, 1.82) is 0 Å². The molecule has 1 saturated heterocycles. The fraction of sp³-hybridized carbons (Fsp3) is 0.500. The van der Waals surface area contributed by atoms with Gasteiger partial charge in [-0.1, -0.05) is 0 Å². The summed E-state index contributed by atoms with van der Waals surface area (Å²) < 4.78 is 7.21. The second-order valence-electron chi connectivity index (χ2n) is 8.01. The maximum atomic E-state index is 5.26. The van der Waals surface area contributed by atoms with E-state index in [4.69, 9.17) is 19.8 Å². The molecule has 152 valence electrons. The fourth-order valence-electron chi connectivity index (χ4n) is 4.57. The summed E-state index contributed by atoms with van der Waals surface area (Å²) in [6, 6.07) is 7.87. The lowest BCUT2D eigenvalue weighted by atomic mass is 10.2. The average molecular weight is 393 g/mol. The SMILES string of the molecule is COc1ccc(-c2nc3nc(C)c4c(n3n2)N(CCCN2CCCC2)CC4)cc1. The van der Waals surface area contributed by atoms with Crippen molar-refractivity contribution in [2.75, 3.05) is 44.7 Å². The molecule has 0 amide bonds. The standard InChI is InChI=1S/C22H28N6O/c1-16-19-10-15-27(14-5-13-26-11-3-4-12-26)21(19)28-22(23-16)24-20(25-28)17-6-8-18(29-2)9-7-17/h6-9H,3-5,10-15H2,1-2H3. The van der Waals surface area contributed by atoms with E-state index in [-0.39, 0.29) is 0 Å². The molecule has 1 aromatic carbocycles. The van der Waals surface area contributed by atoms with Crippen LogP contribution in [0, 0.1) is 6.92 Å². The maximum absolute atomic E-state index is 5.26. The number of fused-ring (bicyclic) bond motifs is 3. The van der Waals surface area contributed by atoms with Crippen molar-refractivity contribution >= 4 is 11.6 Å². The van der Waals surface area contributed by atoms with Gasteiger partial charge in [-0.25, -0.2) is 4.98 Å². The molecule has 0 spiro atoms. The number of benzene rings is 1. The zero-order valence-electron chi connectivity index (χ0n) is 17.3. The predicted octanol–water partition coefficient (Wildman–Crippen LogP) is 2.96. The summed E-state index contributed by atoms with van der Waals surface area (Å²) in [6.45, 7) is 7.90. The van der Waals surface area contributed by atoms with Crippen LogP contribution in [-0.4, -0.2) is 64.3 Å². The Morgan fingerprint density at radius 1 is 1.00 bits per heavy atom. The number of methoxy groups -OCH3 is 1. The first-order chi connectivity index (χ1) is 14.2. The Kier molecular flexibility index (Phi) is 4.83. The number of anilines is 1. The Labute approximate surface area is 171 Å². The molecule has 3 aromatic rings. The first-order valence-corrected chi connectivity index (χ1v) is 10.6. The Bertz CT molecular complexity index is 1010. The van der Waals surface area contributed by atoms with Crippen molar-refractivity contribution in [3.8, 4) is 17.1 Å². The van der Waals surface area contributed by atoms with Gasteiger partial charge in [0.25, 0.3) is 5.78 Å². The number of rotatable bonds is 6. The molecule has 5 rings (SSSR count). The number of nitrogens with zero attached hydrogens (tertiary/aromatic N) is 6. The minimum Gasteiger partial charge on any atom is -0.497 e. The topological polar surface area (TPSA) is 58.8 Å². The lowest BCUT2D eigenvalue weighted by Gasteiger charge is -2.22. The summed E-state index contributed by atoms with van der Waals surface area (Å²) in [6.07, 6.45) is 4.92. The minimum atomic E-state index is 0.679. The second kappa shape index (κ2) is 7.63. The van der Waals surface area contributed by atoms with E-state index in [2.05, 4.69) is 16.7 Å². The van der Waals surface area contributed by atoms with Crippen LogP contribution in [0.25, 0.3) is 17.2 Å². The summed E-state index contributed by atoms with van der Waals surface area (Å²) in [5.41, 5.74) is 3.36. The van der Waals surface area contributed by atoms with Gasteiger partial charge in [0.1, 0.15) is 11.6 Å². The Hall–Kier alpha value is -2.67. The third-order valence-corrected chi connectivity index (χ3v) is 6.15. The predicted molar refractivity (Wildman–Crippen MR) is 114 cm³/mol. The third-order valence-electron chi connectivity index (χ3n) is 6.15. The van der Waals surface area contributed by atoms with Crippen LogP contribution in [0.15, 0.2) is 24.3 Å². The Morgan fingerprint density at radius 3 is 2.55 bits per heavy atom. The van der Waals surface area contributed by atoms with E-state index in [9.17, 15) is 0 Å². The molecule has 2 aromatic heterocycles. The maximum Gasteiger partial charge on any atom is 0.254 e. The van der Waals surface area contributed by atoms with Gasteiger partial charge in [-0.15, -0.1) is 5.10 Å². The molecule has 0 N–H and O–H groups in total. The molecule has 1 fully saturated rings. The molecule has 0 saturated carbocycles. The highest BCUT2D eigenvalue weighted by atomic mass is 16.5. The minimum absolute atomic E-state index is 0.679.